The average Bonchev–Trinajstić information content (AvgIpc) is 2.78. The fourth-order valence-corrected chi connectivity index (χ4v) is 3.12. The molecule has 0 unspecified atom stereocenters. The highest BCUT2D eigenvalue weighted by Crippen LogP contribution is 2.26. The lowest BCUT2D eigenvalue weighted by molar-refractivity contribution is 0.266. The predicted molar refractivity (Wildman–Crippen MR) is 75.3 cm³/mol. The Morgan fingerprint density at radius 2 is 2.26 bits per heavy atom. The number of aliphatic hydroxyl groups excluding tert-OH is 1. The highest BCUT2D eigenvalue weighted by Gasteiger charge is 2.09. The van der Waals surface area contributed by atoms with Gasteiger partial charge in [-0.25, -0.2) is 0 Å². The molecule has 0 atom stereocenters. The molecular weight excluding hydrogens is 328 g/mol. The van der Waals surface area contributed by atoms with Crippen LogP contribution in [-0.4, -0.2) is 19.9 Å². The number of hydrogen-bond donors (Lipinski definition) is 1. The molecule has 0 aliphatic rings. The zero-order valence-corrected chi connectivity index (χ0v) is 12.6. The number of hydrogen-bond acceptors (Lipinski definition) is 5. The van der Waals surface area contributed by atoms with Crippen molar-refractivity contribution in [3.63, 3.8) is 0 Å². The third-order valence-corrected chi connectivity index (χ3v) is 4.41. The molecule has 1 heterocycles. The summed E-state index contributed by atoms with van der Waals surface area (Å²) in [4.78, 5) is 0. The van der Waals surface area contributed by atoms with Crippen LogP contribution in [0.3, 0.4) is 0 Å². The molecule has 98 valence electrons. The van der Waals surface area contributed by atoms with Crippen molar-refractivity contribution in [2.75, 3.05) is 0 Å². The molecule has 0 radical (unpaired) electrons. The van der Waals surface area contributed by atoms with E-state index in [4.69, 9.17) is 10.4 Å². The van der Waals surface area contributed by atoms with Gasteiger partial charge >= 0.3 is 0 Å². The van der Waals surface area contributed by atoms with Crippen LogP contribution in [-0.2, 0) is 19.4 Å². The third-order valence-electron chi connectivity index (χ3n) is 2.61. The van der Waals surface area contributed by atoms with Crippen LogP contribution in [0.15, 0.2) is 27.8 Å². The molecule has 0 bridgehead atoms. The van der Waals surface area contributed by atoms with Gasteiger partial charge in [0.1, 0.15) is 6.61 Å². The van der Waals surface area contributed by atoms with Crippen molar-refractivity contribution in [2.45, 2.75) is 17.5 Å². The number of rotatable bonds is 4. The van der Waals surface area contributed by atoms with Crippen molar-refractivity contribution < 1.29 is 5.11 Å². The summed E-state index contributed by atoms with van der Waals surface area (Å²) in [5.74, 6) is 1.25. The minimum Gasteiger partial charge on any atom is -0.388 e. The van der Waals surface area contributed by atoms with E-state index in [1.54, 1.807) is 16.7 Å². The van der Waals surface area contributed by atoms with Crippen LogP contribution in [0.5, 0.6) is 0 Å². The van der Waals surface area contributed by atoms with Gasteiger partial charge < -0.3 is 9.67 Å². The van der Waals surface area contributed by atoms with Gasteiger partial charge in [-0.2, -0.15) is 5.26 Å². The van der Waals surface area contributed by atoms with Gasteiger partial charge in [-0.15, -0.1) is 10.2 Å². The number of aliphatic hydroxyl groups is 1. The van der Waals surface area contributed by atoms with Crippen LogP contribution >= 0.6 is 27.7 Å². The molecule has 0 amide bonds. The van der Waals surface area contributed by atoms with Crippen molar-refractivity contribution in [3.8, 4) is 6.07 Å². The van der Waals surface area contributed by atoms with Crippen LogP contribution in [0.4, 0.5) is 0 Å². The maximum absolute atomic E-state index is 9.05. The average molecular weight is 339 g/mol. The number of nitriles is 1. The number of aromatic nitrogens is 3. The Balaban J connectivity index is 2.10. The van der Waals surface area contributed by atoms with Gasteiger partial charge in [-0.05, 0) is 17.7 Å². The zero-order valence-electron chi connectivity index (χ0n) is 10.2. The highest BCUT2D eigenvalue weighted by molar-refractivity contribution is 9.10. The van der Waals surface area contributed by atoms with Crippen molar-refractivity contribution in [1.82, 2.24) is 14.8 Å². The first-order valence-corrected chi connectivity index (χ1v) is 7.24. The second kappa shape index (κ2) is 6.19. The van der Waals surface area contributed by atoms with Gasteiger partial charge in [0.15, 0.2) is 11.0 Å². The summed E-state index contributed by atoms with van der Waals surface area (Å²) in [5, 5.41) is 26.5. The summed E-state index contributed by atoms with van der Waals surface area (Å²) >= 11 is 4.98. The molecule has 0 aliphatic heterocycles. The van der Waals surface area contributed by atoms with Crippen LogP contribution in [0.1, 0.15) is 17.0 Å². The zero-order chi connectivity index (χ0) is 13.8. The number of halogens is 1. The summed E-state index contributed by atoms with van der Waals surface area (Å²) in [7, 11) is 1.82. The van der Waals surface area contributed by atoms with Crippen molar-refractivity contribution in [1.29, 1.82) is 5.26 Å². The normalized spacial score (nSPS) is 10.4. The van der Waals surface area contributed by atoms with Gasteiger partial charge in [-0.1, -0.05) is 33.8 Å². The second-order valence-corrected chi connectivity index (χ2v) is 5.62. The van der Waals surface area contributed by atoms with Gasteiger partial charge in [0.25, 0.3) is 0 Å². The largest absolute Gasteiger partial charge is 0.388 e. The monoisotopic (exact) mass is 338 g/mol. The summed E-state index contributed by atoms with van der Waals surface area (Å²) in [6.45, 7) is -0.120. The van der Waals surface area contributed by atoms with E-state index in [1.807, 2.05) is 13.1 Å². The number of benzene rings is 1. The van der Waals surface area contributed by atoms with E-state index in [1.165, 1.54) is 11.8 Å². The maximum atomic E-state index is 9.05. The minimum absolute atomic E-state index is 0.120. The Labute approximate surface area is 123 Å². The topological polar surface area (TPSA) is 74.7 Å². The van der Waals surface area contributed by atoms with E-state index in [0.29, 0.717) is 17.1 Å². The molecule has 0 fully saturated rings. The molecule has 2 aromatic rings. The fourth-order valence-electron chi connectivity index (χ4n) is 1.48. The smallest absolute Gasteiger partial charge is 0.191 e. The van der Waals surface area contributed by atoms with E-state index >= 15 is 0 Å². The van der Waals surface area contributed by atoms with Crippen LogP contribution < -0.4 is 0 Å². The molecule has 7 heteroatoms. The molecule has 0 saturated carbocycles. The Kier molecular flexibility index (Phi) is 4.58. The van der Waals surface area contributed by atoms with E-state index < -0.39 is 0 Å². The summed E-state index contributed by atoms with van der Waals surface area (Å²) in [6, 6.07) is 7.60. The molecular formula is C12H11BrN4OS. The maximum Gasteiger partial charge on any atom is 0.191 e. The Morgan fingerprint density at radius 3 is 2.84 bits per heavy atom. The number of thioether (sulfide) groups is 1. The number of nitrogens with zero attached hydrogens (tertiary/aromatic N) is 4. The summed E-state index contributed by atoms with van der Waals surface area (Å²) in [5.41, 5.74) is 1.71. The summed E-state index contributed by atoms with van der Waals surface area (Å²) < 4.78 is 2.67. The minimum atomic E-state index is -0.120. The Morgan fingerprint density at radius 1 is 1.47 bits per heavy atom. The van der Waals surface area contributed by atoms with Crippen LogP contribution in [0, 0.1) is 11.3 Å². The lowest BCUT2D eigenvalue weighted by Crippen LogP contribution is -1.98. The van der Waals surface area contributed by atoms with E-state index in [9.17, 15) is 0 Å². The first kappa shape index (κ1) is 14.1. The highest BCUT2D eigenvalue weighted by atomic mass is 79.9. The van der Waals surface area contributed by atoms with Crippen molar-refractivity contribution in [3.05, 3.63) is 39.6 Å². The predicted octanol–water partition coefficient (Wildman–Crippen LogP) is 2.23. The Bertz CT molecular complexity index is 635. The van der Waals surface area contributed by atoms with Gasteiger partial charge in [0.05, 0.1) is 11.6 Å². The van der Waals surface area contributed by atoms with Crippen LogP contribution in [0.25, 0.3) is 0 Å². The van der Waals surface area contributed by atoms with E-state index in [-0.39, 0.29) is 6.61 Å². The molecule has 5 nitrogen and oxygen atoms in total. The van der Waals surface area contributed by atoms with Gasteiger partial charge in [0.2, 0.25) is 0 Å². The molecule has 0 aliphatic carbocycles. The molecule has 0 saturated heterocycles. The first-order chi connectivity index (χ1) is 9.15. The van der Waals surface area contributed by atoms with Gasteiger partial charge in [-0.3, -0.25) is 0 Å². The fraction of sp³-hybridized carbons (Fsp3) is 0.250. The quantitative estimate of drug-likeness (QED) is 0.865. The van der Waals surface area contributed by atoms with E-state index in [0.717, 1.165) is 15.2 Å². The van der Waals surface area contributed by atoms with E-state index in [2.05, 4.69) is 32.2 Å². The first-order valence-electron chi connectivity index (χ1n) is 5.46. The van der Waals surface area contributed by atoms with Crippen molar-refractivity contribution in [2.24, 2.45) is 7.05 Å². The standard InChI is InChI=1S/C12H11BrN4OS/c1-17-11(6-18)15-16-12(17)19-7-9-3-2-8(5-14)4-10(9)13/h2-4,18H,6-7H2,1H3. The molecule has 2 rings (SSSR count). The third kappa shape index (κ3) is 3.15. The van der Waals surface area contributed by atoms with Crippen molar-refractivity contribution >= 4 is 27.7 Å². The molecule has 1 aromatic heterocycles. The summed E-state index contributed by atoms with van der Waals surface area (Å²) in [6.07, 6.45) is 0. The lowest BCUT2D eigenvalue weighted by Gasteiger charge is -2.05. The molecule has 0 spiro atoms. The van der Waals surface area contributed by atoms with Gasteiger partial charge in [0, 0.05) is 17.3 Å². The molecule has 19 heavy (non-hydrogen) atoms. The SMILES string of the molecule is Cn1c(CO)nnc1SCc1ccc(C#N)cc1Br. The lowest BCUT2D eigenvalue weighted by atomic mass is 10.2. The Hall–Kier alpha value is -1.36. The second-order valence-electron chi connectivity index (χ2n) is 3.82. The molecule has 1 N–H and O–H groups in total. The van der Waals surface area contributed by atoms with Crippen LogP contribution in [0.2, 0.25) is 0 Å². The molecule has 1 aromatic carbocycles.